The number of esters is 3. The molecule has 9 nitrogen and oxygen atoms in total. The monoisotopic (exact) mass is 435 g/mol. The van der Waals surface area contributed by atoms with Crippen molar-refractivity contribution >= 4 is 23.8 Å². The van der Waals surface area contributed by atoms with E-state index in [2.05, 4.69) is 5.32 Å². The highest BCUT2D eigenvalue weighted by molar-refractivity contribution is 5.73. The number of hydrogen-bond donors (Lipinski definition) is 1. The van der Waals surface area contributed by atoms with Crippen molar-refractivity contribution in [3.05, 3.63) is 35.9 Å². The lowest BCUT2D eigenvalue weighted by atomic mass is 9.79. The maximum atomic E-state index is 11.9. The molecule has 170 valence electrons. The van der Waals surface area contributed by atoms with E-state index >= 15 is 0 Å². The molecule has 1 aliphatic carbocycles. The summed E-state index contributed by atoms with van der Waals surface area (Å²) in [7, 11) is 0. The molecule has 1 saturated carbocycles. The van der Waals surface area contributed by atoms with Crippen LogP contribution in [0.1, 0.15) is 39.7 Å². The normalized spacial score (nSPS) is 25.2. The minimum atomic E-state index is -1.01. The number of carbonyl (C=O) groups is 4. The van der Waals surface area contributed by atoms with Crippen molar-refractivity contribution in [2.24, 2.45) is 5.92 Å². The Morgan fingerprint density at radius 2 is 1.52 bits per heavy atom. The Morgan fingerprint density at radius 3 is 2.06 bits per heavy atom. The molecule has 1 aromatic rings. The molecule has 0 bridgehead atoms. The van der Waals surface area contributed by atoms with Crippen LogP contribution in [0.25, 0.3) is 0 Å². The van der Waals surface area contributed by atoms with Crippen molar-refractivity contribution in [1.82, 2.24) is 5.32 Å². The lowest BCUT2D eigenvalue weighted by Crippen LogP contribution is -2.63. The molecular formula is C22H29NO8. The van der Waals surface area contributed by atoms with E-state index in [1.165, 1.54) is 27.7 Å². The fourth-order valence-corrected chi connectivity index (χ4v) is 3.70. The first-order valence-electron chi connectivity index (χ1n) is 10.1. The molecule has 1 fully saturated rings. The number of ether oxygens (including phenoxy) is 4. The van der Waals surface area contributed by atoms with Gasteiger partial charge in [-0.1, -0.05) is 30.3 Å². The van der Waals surface area contributed by atoms with Gasteiger partial charge in [0.15, 0.2) is 6.10 Å². The second kappa shape index (κ2) is 11.5. The summed E-state index contributed by atoms with van der Waals surface area (Å²) in [6.07, 6.45) is -2.21. The van der Waals surface area contributed by atoms with Gasteiger partial charge >= 0.3 is 17.9 Å². The third kappa shape index (κ3) is 7.67. The Bertz CT molecular complexity index is 781. The largest absolute Gasteiger partial charge is 0.465 e. The van der Waals surface area contributed by atoms with E-state index < -0.39 is 48.2 Å². The van der Waals surface area contributed by atoms with Crippen molar-refractivity contribution in [3.63, 3.8) is 0 Å². The first-order valence-corrected chi connectivity index (χ1v) is 10.1. The van der Waals surface area contributed by atoms with Gasteiger partial charge in [0.25, 0.3) is 0 Å². The summed E-state index contributed by atoms with van der Waals surface area (Å²) in [4.78, 5) is 46.9. The van der Waals surface area contributed by atoms with Gasteiger partial charge in [-0.3, -0.25) is 19.2 Å². The average Bonchev–Trinajstić information content (AvgIpc) is 2.68. The Balaban J connectivity index is 2.35. The van der Waals surface area contributed by atoms with Gasteiger partial charge in [0.1, 0.15) is 6.10 Å². The summed E-state index contributed by atoms with van der Waals surface area (Å²) in [5, 5.41) is 2.77. The van der Waals surface area contributed by atoms with E-state index in [1.807, 2.05) is 30.3 Å². The molecular weight excluding hydrogens is 406 g/mol. The van der Waals surface area contributed by atoms with Crippen LogP contribution in [0.4, 0.5) is 0 Å². The zero-order valence-electron chi connectivity index (χ0n) is 18.2. The number of carbonyl (C=O) groups excluding carboxylic acids is 4. The van der Waals surface area contributed by atoms with Gasteiger partial charge in [-0.2, -0.15) is 0 Å². The van der Waals surface area contributed by atoms with E-state index in [4.69, 9.17) is 18.9 Å². The van der Waals surface area contributed by atoms with Gasteiger partial charge in [-0.15, -0.1) is 0 Å². The Labute approximate surface area is 181 Å². The number of amides is 1. The van der Waals surface area contributed by atoms with E-state index in [0.717, 1.165) is 5.56 Å². The smallest absolute Gasteiger partial charge is 0.303 e. The molecule has 0 heterocycles. The fraction of sp³-hybridized carbons (Fsp3) is 0.545. The average molecular weight is 435 g/mol. The second-order valence-electron chi connectivity index (χ2n) is 7.51. The molecule has 1 aromatic carbocycles. The highest BCUT2D eigenvalue weighted by Crippen LogP contribution is 2.33. The highest BCUT2D eigenvalue weighted by atomic mass is 16.6. The third-order valence-electron chi connectivity index (χ3n) is 4.86. The van der Waals surface area contributed by atoms with Crippen LogP contribution in [-0.4, -0.2) is 54.8 Å². The molecule has 31 heavy (non-hydrogen) atoms. The zero-order chi connectivity index (χ0) is 23.0. The minimum Gasteiger partial charge on any atom is -0.465 e. The lowest BCUT2D eigenvalue weighted by Gasteiger charge is -2.45. The number of nitrogens with one attached hydrogen (secondary N) is 1. The van der Waals surface area contributed by atoms with Crippen LogP contribution in [0.15, 0.2) is 30.3 Å². The van der Waals surface area contributed by atoms with E-state index in [-0.39, 0.29) is 19.1 Å². The molecule has 1 amide bonds. The molecule has 5 atom stereocenters. The predicted molar refractivity (Wildman–Crippen MR) is 108 cm³/mol. The summed E-state index contributed by atoms with van der Waals surface area (Å²) in [6, 6.07) is 8.69. The van der Waals surface area contributed by atoms with Crippen LogP contribution in [0.2, 0.25) is 0 Å². The molecule has 2 rings (SSSR count). The highest BCUT2D eigenvalue weighted by Gasteiger charge is 2.50. The Kier molecular flexibility index (Phi) is 8.99. The number of rotatable bonds is 8. The quantitative estimate of drug-likeness (QED) is 0.483. The van der Waals surface area contributed by atoms with Gasteiger partial charge in [-0.25, -0.2) is 0 Å². The first-order chi connectivity index (χ1) is 14.7. The maximum absolute atomic E-state index is 11.9. The van der Waals surface area contributed by atoms with Crippen LogP contribution in [0.5, 0.6) is 0 Å². The molecule has 0 aliphatic heterocycles. The van der Waals surface area contributed by atoms with Crippen LogP contribution in [-0.2, 0) is 44.7 Å². The summed E-state index contributed by atoms with van der Waals surface area (Å²) < 4.78 is 22.2. The number of benzene rings is 1. The number of hydrogen-bond acceptors (Lipinski definition) is 8. The summed E-state index contributed by atoms with van der Waals surface area (Å²) in [5.74, 6) is -2.53. The van der Waals surface area contributed by atoms with Crippen molar-refractivity contribution in [1.29, 1.82) is 0 Å². The van der Waals surface area contributed by atoms with E-state index in [0.29, 0.717) is 6.42 Å². The predicted octanol–water partition coefficient (Wildman–Crippen LogP) is 1.52. The third-order valence-corrected chi connectivity index (χ3v) is 4.86. The van der Waals surface area contributed by atoms with Gasteiger partial charge in [0.05, 0.1) is 25.4 Å². The van der Waals surface area contributed by atoms with Crippen molar-refractivity contribution < 1.29 is 38.1 Å². The summed E-state index contributed by atoms with van der Waals surface area (Å²) in [6.45, 7) is 5.28. The molecule has 0 unspecified atom stereocenters. The Hall–Kier alpha value is -2.94. The van der Waals surface area contributed by atoms with Crippen LogP contribution in [0, 0.1) is 5.92 Å². The first kappa shape index (κ1) is 24.3. The van der Waals surface area contributed by atoms with Gasteiger partial charge in [0.2, 0.25) is 5.91 Å². The molecule has 9 heteroatoms. The molecule has 1 N–H and O–H groups in total. The summed E-state index contributed by atoms with van der Waals surface area (Å²) >= 11 is 0. The fourth-order valence-electron chi connectivity index (χ4n) is 3.70. The molecule has 1 aliphatic rings. The van der Waals surface area contributed by atoms with Gasteiger partial charge in [0, 0.05) is 33.6 Å². The summed E-state index contributed by atoms with van der Waals surface area (Å²) in [5.41, 5.74) is 0.923. The van der Waals surface area contributed by atoms with E-state index in [9.17, 15) is 19.2 Å². The van der Waals surface area contributed by atoms with Crippen LogP contribution >= 0.6 is 0 Å². The van der Waals surface area contributed by atoms with Crippen LogP contribution in [0.3, 0.4) is 0 Å². The van der Waals surface area contributed by atoms with Crippen molar-refractivity contribution in [2.45, 2.75) is 65.1 Å². The molecule has 0 spiro atoms. The van der Waals surface area contributed by atoms with Gasteiger partial charge < -0.3 is 24.3 Å². The van der Waals surface area contributed by atoms with Gasteiger partial charge in [-0.05, 0) is 12.0 Å². The molecule has 0 radical (unpaired) electrons. The standard InChI is InChI=1S/C22H29NO8/c1-13(24)23-20-19(29-11-17-8-6-5-7-9-17)10-18(12-28-14(2)25)21(30-15(3)26)22(20)31-16(4)27/h5-9,18-22H,10-12H2,1-4H3,(H,23,24)/t18-,19-,20-,21+,22+/m0/s1. The SMILES string of the molecule is CC(=O)N[C@@H]1[C@@H](OC(C)=O)[C@H](OC(C)=O)[C@H](COC(C)=O)C[C@@H]1OCc1ccccc1. The van der Waals surface area contributed by atoms with Crippen LogP contribution < -0.4 is 5.32 Å². The molecule has 0 aromatic heterocycles. The van der Waals surface area contributed by atoms with Crippen molar-refractivity contribution in [2.75, 3.05) is 6.61 Å². The topological polar surface area (TPSA) is 117 Å². The molecule has 0 saturated heterocycles. The zero-order valence-corrected chi connectivity index (χ0v) is 18.2. The van der Waals surface area contributed by atoms with E-state index in [1.54, 1.807) is 0 Å². The maximum Gasteiger partial charge on any atom is 0.303 e. The lowest BCUT2D eigenvalue weighted by molar-refractivity contribution is -0.194. The Morgan fingerprint density at radius 1 is 0.903 bits per heavy atom. The second-order valence-corrected chi connectivity index (χ2v) is 7.51. The van der Waals surface area contributed by atoms with Crippen molar-refractivity contribution in [3.8, 4) is 0 Å². The minimum absolute atomic E-state index is 0.0525.